The number of hydrogen-bond acceptors (Lipinski definition) is 5. The van der Waals surface area contributed by atoms with Gasteiger partial charge < -0.3 is 9.47 Å². The van der Waals surface area contributed by atoms with Gasteiger partial charge in [0.15, 0.2) is 0 Å². The number of aryl methyl sites for hydroxylation is 2. The highest BCUT2D eigenvalue weighted by Crippen LogP contribution is 2.34. The minimum absolute atomic E-state index is 0.0505. The van der Waals surface area contributed by atoms with Crippen LogP contribution in [0.2, 0.25) is 0 Å². The Kier molecular flexibility index (Phi) is 6.75. The first-order chi connectivity index (χ1) is 13.5. The summed E-state index contributed by atoms with van der Waals surface area (Å²) in [4.78, 5) is 14.6. The van der Waals surface area contributed by atoms with Crippen molar-refractivity contribution in [3.8, 4) is 11.5 Å². The summed E-state index contributed by atoms with van der Waals surface area (Å²) in [5.74, 6) is 1.53. The lowest BCUT2D eigenvalue weighted by Crippen LogP contribution is -2.27. The van der Waals surface area contributed by atoms with Gasteiger partial charge in [-0.15, -0.1) is 0 Å². The summed E-state index contributed by atoms with van der Waals surface area (Å²) in [7, 11) is 0. The van der Waals surface area contributed by atoms with Crippen molar-refractivity contribution in [2.75, 3.05) is 19.8 Å². The molecule has 1 amide bonds. The topological polar surface area (TPSA) is 38.8 Å². The van der Waals surface area contributed by atoms with E-state index in [0.717, 1.165) is 16.9 Å². The first-order valence-corrected chi connectivity index (χ1v) is 10.4. The molecule has 0 radical (unpaired) electrons. The minimum atomic E-state index is -0.0505. The Bertz CT molecular complexity index is 924. The molecule has 0 aromatic heterocycles. The van der Waals surface area contributed by atoms with Crippen molar-refractivity contribution in [3.05, 3.63) is 64.1 Å². The van der Waals surface area contributed by atoms with Crippen molar-refractivity contribution in [2.24, 2.45) is 0 Å². The standard InChI is InChI=1S/C22H23NO3S2/c1-4-23-21(24)20(28-22(23)27)14-17-7-5-6-8-19(17)26-12-11-25-18-10-9-15(2)13-16(18)3/h5-10,13-14H,4,11-12H2,1-3H3/b20-14-. The lowest BCUT2D eigenvalue weighted by Gasteiger charge is -2.12. The summed E-state index contributed by atoms with van der Waals surface area (Å²) in [6, 6.07) is 13.8. The van der Waals surface area contributed by atoms with Crippen LogP contribution in [0.3, 0.4) is 0 Å². The van der Waals surface area contributed by atoms with Crippen LogP contribution < -0.4 is 9.47 Å². The van der Waals surface area contributed by atoms with Gasteiger partial charge in [0.2, 0.25) is 0 Å². The third kappa shape index (κ3) is 4.75. The fourth-order valence-electron chi connectivity index (χ4n) is 2.91. The van der Waals surface area contributed by atoms with Gasteiger partial charge in [-0.3, -0.25) is 9.69 Å². The molecule has 0 unspecified atom stereocenters. The molecule has 1 heterocycles. The minimum Gasteiger partial charge on any atom is -0.490 e. The second kappa shape index (κ2) is 9.26. The van der Waals surface area contributed by atoms with E-state index in [2.05, 4.69) is 13.0 Å². The number of hydrogen-bond donors (Lipinski definition) is 0. The molecule has 1 aliphatic heterocycles. The average Bonchev–Trinajstić information content (AvgIpc) is 2.94. The summed E-state index contributed by atoms with van der Waals surface area (Å²) in [6.07, 6.45) is 1.84. The van der Waals surface area contributed by atoms with E-state index in [4.69, 9.17) is 21.7 Å². The van der Waals surface area contributed by atoms with E-state index in [1.54, 1.807) is 4.90 Å². The van der Waals surface area contributed by atoms with Crippen LogP contribution in [-0.2, 0) is 4.79 Å². The van der Waals surface area contributed by atoms with Crippen molar-refractivity contribution >= 4 is 40.3 Å². The molecule has 0 N–H and O–H groups in total. The number of carbonyl (C=O) groups excluding carboxylic acids is 1. The average molecular weight is 414 g/mol. The Morgan fingerprint density at radius 2 is 1.79 bits per heavy atom. The maximum atomic E-state index is 12.4. The molecule has 0 bridgehead atoms. The molecule has 4 nitrogen and oxygen atoms in total. The zero-order valence-corrected chi connectivity index (χ0v) is 17.9. The van der Waals surface area contributed by atoms with E-state index in [1.807, 2.05) is 56.3 Å². The van der Waals surface area contributed by atoms with E-state index < -0.39 is 0 Å². The SMILES string of the molecule is CCN1C(=O)/C(=C/c2ccccc2OCCOc2ccc(C)cc2C)SC1=S. The largest absolute Gasteiger partial charge is 0.490 e. The Labute approximate surface area is 175 Å². The van der Waals surface area contributed by atoms with E-state index in [-0.39, 0.29) is 5.91 Å². The Morgan fingerprint density at radius 3 is 2.46 bits per heavy atom. The molecule has 0 atom stereocenters. The van der Waals surface area contributed by atoms with Gasteiger partial charge in [-0.05, 0) is 44.5 Å². The van der Waals surface area contributed by atoms with Gasteiger partial charge in [0, 0.05) is 12.1 Å². The van der Waals surface area contributed by atoms with Gasteiger partial charge in [0.05, 0.1) is 4.91 Å². The summed E-state index contributed by atoms with van der Waals surface area (Å²) < 4.78 is 12.3. The van der Waals surface area contributed by atoms with Crippen LogP contribution in [0.4, 0.5) is 0 Å². The number of thiocarbonyl (C=S) groups is 1. The van der Waals surface area contributed by atoms with Crippen molar-refractivity contribution in [1.29, 1.82) is 0 Å². The maximum absolute atomic E-state index is 12.4. The molecule has 0 spiro atoms. The molecule has 1 saturated heterocycles. The molecule has 28 heavy (non-hydrogen) atoms. The van der Waals surface area contributed by atoms with Crippen molar-refractivity contribution in [1.82, 2.24) is 4.90 Å². The Balaban J connectivity index is 1.64. The highest BCUT2D eigenvalue weighted by Gasteiger charge is 2.30. The third-order valence-electron chi connectivity index (χ3n) is 4.32. The number of amides is 1. The number of carbonyl (C=O) groups is 1. The Morgan fingerprint density at radius 1 is 1.07 bits per heavy atom. The number of benzene rings is 2. The summed E-state index contributed by atoms with van der Waals surface area (Å²) in [6.45, 7) is 7.44. The summed E-state index contributed by atoms with van der Waals surface area (Å²) >= 11 is 6.60. The number of thioether (sulfide) groups is 1. The summed E-state index contributed by atoms with van der Waals surface area (Å²) in [5, 5.41) is 0. The molecule has 3 rings (SSSR count). The molecule has 6 heteroatoms. The van der Waals surface area contributed by atoms with Crippen LogP contribution in [-0.4, -0.2) is 34.9 Å². The van der Waals surface area contributed by atoms with Crippen LogP contribution in [0.15, 0.2) is 47.4 Å². The van der Waals surface area contributed by atoms with E-state index in [1.165, 1.54) is 17.3 Å². The van der Waals surface area contributed by atoms with Gasteiger partial charge in [0.1, 0.15) is 29.0 Å². The van der Waals surface area contributed by atoms with Gasteiger partial charge >= 0.3 is 0 Å². The quantitative estimate of drug-likeness (QED) is 0.364. The second-order valence-electron chi connectivity index (χ2n) is 6.43. The molecule has 2 aromatic carbocycles. The first kappa shape index (κ1) is 20.4. The molecule has 0 aliphatic carbocycles. The second-order valence-corrected chi connectivity index (χ2v) is 8.11. The lowest BCUT2D eigenvalue weighted by atomic mass is 10.1. The van der Waals surface area contributed by atoms with Gasteiger partial charge in [-0.25, -0.2) is 0 Å². The van der Waals surface area contributed by atoms with Crippen LogP contribution in [0.5, 0.6) is 11.5 Å². The predicted octanol–water partition coefficient (Wildman–Crippen LogP) is 4.98. The van der Waals surface area contributed by atoms with Crippen molar-refractivity contribution < 1.29 is 14.3 Å². The molecular weight excluding hydrogens is 390 g/mol. The maximum Gasteiger partial charge on any atom is 0.266 e. The fourth-order valence-corrected chi connectivity index (χ4v) is 4.28. The van der Waals surface area contributed by atoms with Gasteiger partial charge in [-0.2, -0.15) is 0 Å². The van der Waals surface area contributed by atoms with Crippen molar-refractivity contribution in [3.63, 3.8) is 0 Å². The monoisotopic (exact) mass is 413 g/mol. The van der Waals surface area contributed by atoms with Crippen LogP contribution in [0, 0.1) is 13.8 Å². The molecule has 0 saturated carbocycles. The first-order valence-electron chi connectivity index (χ1n) is 9.17. The number of rotatable bonds is 7. The summed E-state index contributed by atoms with van der Waals surface area (Å²) in [5.41, 5.74) is 3.17. The predicted molar refractivity (Wildman–Crippen MR) is 119 cm³/mol. The molecule has 1 fully saturated rings. The number of likely N-dealkylation sites (N-methyl/N-ethyl adjacent to an activating group) is 1. The van der Waals surface area contributed by atoms with Crippen molar-refractivity contribution in [2.45, 2.75) is 20.8 Å². The number of nitrogens with zero attached hydrogens (tertiary/aromatic N) is 1. The molecule has 146 valence electrons. The lowest BCUT2D eigenvalue weighted by molar-refractivity contribution is -0.121. The highest BCUT2D eigenvalue weighted by molar-refractivity contribution is 8.26. The van der Waals surface area contributed by atoms with Gasteiger partial charge in [0.25, 0.3) is 5.91 Å². The zero-order chi connectivity index (χ0) is 20.1. The van der Waals surface area contributed by atoms with Crippen LogP contribution in [0.1, 0.15) is 23.6 Å². The zero-order valence-electron chi connectivity index (χ0n) is 16.2. The fraction of sp³-hybridized carbons (Fsp3) is 0.273. The Hall–Kier alpha value is -2.31. The van der Waals surface area contributed by atoms with E-state index in [9.17, 15) is 4.79 Å². The van der Waals surface area contributed by atoms with Crippen LogP contribution >= 0.6 is 24.0 Å². The van der Waals surface area contributed by atoms with Gasteiger partial charge in [-0.1, -0.05) is 59.9 Å². The van der Waals surface area contributed by atoms with Crippen LogP contribution in [0.25, 0.3) is 6.08 Å². The molecule has 1 aliphatic rings. The number of para-hydroxylation sites is 1. The van der Waals surface area contributed by atoms with E-state index in [0.29, 0.717) is 34.7 Å². The van der Waals surface area contributed by atoms with E-state index >= 15 is 0 Å². The highest BCUT2D eigenvalue weighted by atomic mass is 32.2. The molecule has 2 aromatic rings. The normalized spacial score (nSPS) is 15.4. The smallest absolute Gasteiger partial charge is 0.266 e. The third-order valence-corrected chi connectivity index (χ3v) is 5.70. The molecular formula is C22H23NO3S2. The number of ether oxygens (including phenoxy) is 2.